The molecule has 1 aromatic carbocycles. The minimum absolute atomic E-state index is 0.137. The summed E-state index contributed by atoms with van der Waals surface area (Å²) in [5, 5.41) is 18.0. The first kappa shape index (κ1) is 34.4. The van der Waals surface area contributed by atoms with Crippen molar-refractivity contribution in [3.8, 4) is 0 Å². The molecule has 3 aromatic rings. The molecule has 0 bridgehead atoms. The van der Waals surface area contributed by atoms with E-state index in [2.05, 4.69) is 82.2 Å². The van der Waals surface area contributed by atoms with E-state index in [9.17, 15) is 19.5 Å². The van der Waals surface area contributed by atoms with Crippen LogP contribution in [0.25, 0.3) is 0 Å². The monoisotopic (exact) mass is 672 g/mol. The maximum absolute atomic E-state index is 13.0. The second-order valence-electron chi connectivity index (χ2n) is 12.0. The number of amides is 3. The molecule has 0 saturated heterocycles. The van der Waals surface area contributed by atoms with Crippen molar-refractivity contribution in [3.05, 3.63) is 60.7 Å². The molecule has 3 amide bonds. The van der Waals surface area contributed by atoms with Crippen LogP contribution in [0, 0.1) is 0 Å². The Balaban J connectivity index is 1.15. The molecule has 0 spiro atoms. The zero-order chi connectivity index (χ0) is 33.6. The van der Waals surface area contributed by atoms with Gasteiger partial charge in [-0.1, -0.05) is 13.3 Å². The van der Waals surface area contributed by atoms with Crippen LogP contribution in [0.5, 0.6) is 0 Å². The number of aromatic nitrogens is 4. The van der Waals surface area contributed by atoms with E-state index in [0.717, 1.165) is 55.7 Å². The van der Waals surface area contributed by atoms with E-state index in [1.54, 1.807) is 24.3 Å². The highest BCUT2D eigenvalue weighted by atomic mass is 32.2. The molecule has 2 aliphatic heterocycles. The summed E-state index contributed by atoms with van der Waals surface area (Å²) in [6.45, 7) is 10.7. The molecule has 0 saturated carbocycles. The Morgan fingerprint density at radius 1 is 0.979 bits per heavy atom. The van der Waals surface area contributed by atoms with Gasteiger partial charge in [0, 0.05) is 10.6 Å². The molecule has 254 valence electrons. The fraction of sp³-hybridized carbons (Fsp3) is 0.516. The summed E-state index contributed by atoms with van der Waals surface area (Å²) in [5.74, 6) is 5.95. The molecule has 4 heterocycles. The van der Waals surface area contributed by atoms with E-state index in [1.807, 2.05) is 6.92 Å². The van der Waals surface area contributed by atoms with E-state index in [1.165, 1.54) is 11.6 Å². The summed E-state index contributed by atoms with van der Waals surface area (Å²) >= 11 is 0.916. The van der Waals surface area contributed by atoms with Crippen molar-refractivity contribution in [3.63, 3.8) is 0 Å². The predicted octanol–water partition coefficient (Wildman–Crippen LogP) is 2.31. The Labute approximate surface area is 278 Å². The van der Waals surface area contributed by atoms with Crippen molar-refractivity contribution in [2.45, 2.75) is 102 Å². The molecule has 6 N–H and O–H groups in total. The van der Waals surface area contributed by atoms with Crippen molar-refractivity contribution in [1.82, 2.24) is 19.8 Å². The Kier molecular flexibility index (Phi) is 11.2. The van der Waals surface area contributed by atoms with Crippen LogP contribution in [0.15, 0.2) is 53.9 Å². The molecule has 15 nitrogen and oxygen atoms in total. The quantitative estimate of drug-likeness (QED) is 0.0364. The Hall–Kier alpha value is -3.96. The number of fused-ring (bicyclic) bond motifs is 5. The summed E-state index contributed by atoms with van der Waals surface area (Å²) in [6, 6.07) is 4.17. The minimum atomic E-state index is -1.11. The number of carboxylic acid groups (broad SMARTS) is 1. The molecule has 47 heavy (non-hydrogen) atoms. The SMILES string of the molecule is CCC[C@H](NC(=O)N[C@@H](CCCC[N+]12Cc3n(cc[n+]3CC)C1n1cc[n+](CC)c1C2)C(=O)O)C(=O)Nc1ccc(SOON)cc1. The predicted molar refractivity (Wildman–Crippen MR) is 170 cm³/mol. The highest BCUT2D eigenvalue weighted by molar-refractivity contribution is 7.94. The number of unbranched alkanes of at least 4 members (excludes halogenated alkanes) is 1. The van der Waals surface area contributed by atoms with Gasteiger partial charge < -0.3 is 21.1 Å². The van der Waals surface area contributed by atoms with Crippen LogP contribution in [-0.4, -0.2) is 55.3 Å². The lowest BCUT2D eigenvalue weighted by molar-refractivity contribution is -0.982. The number of imidazole rings is 2. The molecule has 0 unspecified atom stereocenters. The number of hydrogen-bond donors (Lipinski definition) is 5. The van der Waals surface area contributed by atoms with Gasteiger partial charge in [0.15, 0.2) is 13.1 Å². The average molecular weight is 673 g/mol. The van der Waals surface area contributed by atoms with Crippen LogP contribution in [-0.2, 0) is 45.1 Å². The average Bonchev–Trinajstić information content (AvgIpc) is 3.79. The van der Waals surface area contributed by atoms with Crippen LogP contribution >= 0.6 is 12.0 Å². The number of carbonyl (C=O) groups is 3. The molecule has 0 aliphatic carbocycles. The molecular formula is C31H46N9O6S+3. The molecular weight excluding hydrogens is 626 g/mol. The van der Waals surface area contributed by atoms with Crippen LogP contribution in [0.1, 0.15) is 70.8 Å². The number of carboxylic acids is 1. The molecule has 2 aromatic heterocycles. The van der Waals surface area contributed by atoms with E-state index in [-0.39, 0.29) is 12.7 Å². The number of rotatable bonds is 17. The molecule has 2 aliphatic rings. The zero-order valence-corrected chi connectivity index (χ0v) is 27.9. The van der Waals surface area contributed by atoms with Crippen LogP contribution < -0.4 is 31.0 Å². The lowest BCUT2D eigenvalue weighted by Crippen LogP contribution is -2.52. The maximum atomic E-state index is 13.0. The topological polar surface area (TPSA) is 170 Å². The number of hydrogen-bond acceptors (Lipinski definition) is 7. The smallest absolute Gasteiger partial charge is 0.380 e. The molecule has 16 heteroatoms. The highest BCUT2D eigenvalue weighted by Crippen LogP contribution is 2.42. The van der Waals surface area contributed by atoms with Crippen LogP contribution in [0.3, 0.4) is 0 Å². The number of anilines is 1. The summed E-state index contributed by atoms with van der Waals surface area (Å²) in [4.78, 5) is 42.9. The van der Waals surface area contributed by atoms with Gasteiger partial charge in [0.05, 0.1) is 31.7 Å². The Bertz CT molecular complexity index is 1510. The Morgan fingerprint density at radius 3 is 2.15 bits per heavy atom. The normalized spacial score (nSPS) is 19.0. The van der Waals surface area contributed by atoms with Crippen molar-refractivity contribution in [2.75, 3.05) is 11.9 Å². The van der Waals surface area contributed by atoms with Gasteiger partial charge in [-0.2, -0.15) is 5.90 Å². The largest absolute Gasteiger partial charge is 0.480 e. The van der Waals surface area contributed by atoms with E-state index < -0.39 is 30.0 Å². The third-order valence-electron chi connectivity index (χ3n) is 9.10. The third-order valence-corrected chi connectivity index (χ3v) is 9.71. The minimum Gasteiger partial charge on any atom is -0.480 e. The van der Waals surface area contributed by atoms with Gasteiger partial charge in [0.25, 0.3) is 0 Å². The van der Waals surface area contributed by atoms with Gasteiger partial charge in [-0.3, -0.25) is 4.79 Å². The van der Waals surface area contributed by atoms with Crippen LogP contribution in [0.4, 0.5) is 10.5 Å². The van der Waals surface area contributed by atoms with E-state index in [4.69, 9.17) is 5.90 Å². The second kappa shape index (κ2) is 15.3. The third kappa shape index (κ3) is 7.46. The molecule has 0 fully saturated rings. The zero-order valence-electron chi connectivity index (χ0n) is 27.1. The standard InChI is InChI=1S/C31H43N9O6S/c1-4-9-24(28(41)33-22-11-13-23(14-12-22)47-46-45-32)34-30(44)35-25(29(42)43)10-7-8-19-40-20-26-36(5-2)15-17-38(26)31(40)39-18-16-37(6-3)27(39)21-40/h11-18,24-25,31H,4-10,19-21,32H2,1-3H3,(H-3,33,34,35,41,42,43,44)/p+3/t24-,25-,31?,40?/m0/s1. The first-order chi connectivity index (χ1) is 22.7. The number of aryl methyl sites for hydroxylation is 2. The summed E-state index contributed by atoms with van der Waals surface area (Å²) in [7, 11) is 0. The van der Waals surface area contributed by atoms with E-state index >= 15 is 0 Å². The fourth-order valence-electron chi connectivity index (χ4n) is 6.83. The number of aliphatic carboxylic acids is 1. The number of benzene rings is 1. The van der Waals surface area contributed by atoms with Gasteiger partial charge in [-0.25, -0.2) is 23.2 Å². The Morgan fingerprint density at radius 2 is 1.60 bits per heavy atom. The molecule has 0 radical (unpaired) electrons. The van der Waals surface area contributed by atoms with Gasteiger partial charge in [-0.05, 0) is 63.8 Å². The van der Waals surface area contributed by atoms with Gasteiger partial charge in [0.1, 0.15) is 36.9 Å². The number of nitrogens with two attached hydrogens (primary N) is 1. The lowest BCUT2D eigenvalue weighted by Gasteiger charge is -2.28. The first-order valence-corrected chi connectivity index (χ1v) is 16.9. The number of nitrogens with one attached hydrogen (secondary N) is 3. The molecule has 2 atom stereocenters. The first-order valence-electron chi connectivity index (χ1n) is 16.2. The lowest BCUT2D eigenvalue weighted by atomic mass is 10.1. The number of urea groups is 1. The summed E-state index contributed by atoms with van der Waals surface area (Å²) in [5.41, 5.74) is 0.527. The number of quaternary nitrogens is 1. The number of nitrogens with zero attached hydrogens (tertiary/aromatic N) is 5. The van der Waals surface area contributed by atoms with Gasteiger partial charge in [0.2, 0.25) is 5.91 Å². The summed E-state index contributed by atoms with van der Waals surface area (Å²) < 4.78 is 14.9. The fourth-order valence-corrected chi connectivity index (χ4v) is 7.20. The van der Waals surface area contributed by atoms with Crippen molar-refractivity contribution >= 4 is 35.6 Å². The number of carbonyl (C=O) groups excluding carboxylic acids is 2. The van der Waals surface area contributed by atoms with E-state index in [0.29, 0.717) is 29.8 Å². The molecule has 5 rings (SSSR count). The van der Waals surface area contributed by atoms with Crippen molar-refractivity contribution in [1.29, 1.82) is 0 Å². The van der Waals surface area contributed by atoms with Crippen molar-refractivity contribution < 1.29 is 42.4 Å². The summed E-state index contributed by atoms with van der Waals surface area (Å²) in [6.07, 6.45) is 11.5. The van der Waals surface area contributed by atoms with Gasteiger partial charge in [-0.15, -0.1) is 18.5 Å². The van der Waals surface area contributed by atoms with Crippen molar-refractivity contribution in [2.24, 2.45) is 5.90 Å². The van der Waals surface area contributed by atoms with Crippen LogP contribution in [0.2, 0.25) is 0 Å². The highest BCUT2D eigenvalue weighted by Gasteiger charge is 2.62. The second-order valence-corrected chi connectivity index (χ2v) is 12.8. The maximum Gasteiger partial charge on any atom is 0.380 e. The van der Waals surface area contributed by atoms with Gasteiger partial charge >= 0.3 is 29.9 Å².